The summed E-state index contributed by atoms with van der Waals surface area (Å²) in [5.74, 6) is 0.751. The fourth-order valence-corrected chi connectivity index (χ4v) is 6.22. The van der Waals surface area contributed by atoms with Crippen LogP contribution in [0.2, 0.25) is 0 Å². The number of aryl methyl sites for hydroxylation is 1. The third kappa shape index (κ3) is 3.05. The number of rotatable bonds is 3. The Hall–Kier alpha value is 0.0500. The van der Waals surface area contributed by atoms with E-state index in [0.717, 1.165) is 15.8 Å². The lowest BCUT2D eigenvalue weighted by molar-refractivity contribution is 0.203. The van der Waals surface area contributed by atoms with Gasteiger partial charge in [-0.15, -0.1) is 11.3 Å². The van der Waals surface area contributed by atoms with Crippen molar-refractivity contribution in [3.63, 3.8) is 0 Å². The minimum atomic E-state index is -3.36. The SMILES string of the molecule is Cc1cc(S(=O)(=O)N2CCC(C)C(CN)C2)sc1Br. The van der Waals surface area contributed by atoms with Crippen molar-refractivity contribution in [2.75, 3.05) is 19.6 Å². The molecule has 2 heterocycles. The Morgan fingerprint density at radius 2 is 2.26 bits per heavy atom. The van der Waals surface area contributed by atoms with E-state index in [9.17, 15) is 8.42 Å². The third-order valence-corrected chi connectivity index (χ3v) is 8.26. The van der Waals surface area contributed by atoms with Crippen LogP contribution >= 0.6 is 27.3 Å². The van der Waals surface area contributed by atoms with E-state index in [-0.39, 0.29) is 5.92 Å². The van der Waals surface area contributed by atoms with Gasteiger partial charge in [-0.1, -0.05) is 6.92 Å². The van der Waals surface area contributed by atoms with Crippen LogP contribution < -0.4 is 5.73 Å². The minimum absolute atomic E-state index is 0.257. The van der Waals surface area contributed by atoms with Gasteiger partial charge in [0.15, 0.2) is 0 Å². The standard InChI is InChI=1S/C12H19BrN2O2S2/c1-8-3-4-15(7-10(8)6-14)19(16,17)11-5-9(2)12(13)18-11/h5,8,10H,3-4,6-7,14H2,1-2H3. The topological polar surface area (TPSA) is 63.4 Å². The van der Waals surface area contributed by atoms with E-state index < -0.39 is 10.0 Å². The highest BCUT2D eigenvalue weighted by atomic mass is 79.9. The predicted octanol–water partition coefficient (Wildman–Crippen LogP) is 2.42. The zero-order valence-corrected chi connectivity index (χ0v) is 14.3. The van der Waals surface area contributed by atoms with Gasteiger partial charge in [-0.25, -0.2) is 8.42 Å². The van der Waals surface area contributed by atoms with Gasteiger partial charge in [0.05, 0.1) is 3.79 Å². The lowest BCUT2D eigenvalue weighted by atomic mass is 9.88. The molecule has 0 bridgehead atoms. The number of hydrogen-bond donors (Lipinski definition) is 1. The Balaban J connectivity index is 2.25. The molecule has 1 aliphatic rings. The van der Waals surface area contributed by atoms with E-state index in [0.29, 0.717) is 29.8 Å². The summed E-state index contributed by atoms with van der Waals surface area (Å²) in [5.41, 5.74) is 6.70. The minimum Gasteiger partial charge on any atom is -0.330 e. The number of piperidine rings is 1. The highest BCUT2D eigenvalue weighted by Crippen LogP contribution is 2.34. The molecule has 108 valence electrons. The normalized spacial score (nSPS) is 25.7. The van der Waals surface area contributed by atoms with Crippen LogP contribution in [0.5, 0.6) is 0 Å². The van der Waals surface area contributed by atoms with E-state index in [1.165, 1.54) is 11.3 Å². The molecule has 0 aromatic carbocycles. The van der Waals surface area contributed by atoms with Gasteiger partial charge in [-0.3, -0.25) is 0 Å². The number of halogens is 1. The van der Waals surface area contributed by atoms with Crippen molar-refractivity contribution in [1.29, 1.82) is 0 Å². The summed E-state index contributed by atoms with van der Waals surface area (Å²) in [6, 6.07) is 1.74. The van der Waals surface area contributed by atoms with Crippen molar-refractivity contribution in [2.45, 2.75) is 24.5 Å². The Kier molecular flexibility index (Phi) is 4.72. The van der Waals surface area contributed by atoms with E-state index >= 15 is 0 Å². The molecule has 1 aromatic heterocycles. The molecular formula is C12H19BrN2O2S2. The fourth-order valence-electron chi connectivity index (χ4n) is 2.33. The van der Waals surface area contributed by atoms with Gasteiger partial charge in [0.25, 0.3) is 10.0 Å². The molecule has 19 heavy (non-hydrogen) atoms. The van der Waals surface area contributed by atoms with Crippen LogP contribution in [-0.4, -0.2) is 32.4 Å². The van der Waals surface area contributed by atoms with Gasteiger partial charge < -0.3 is 5.73 Å². The molecule has 1 aromatic rings. The Morgan fingerprint density at radius 1 is 1.58 bits per heavy atom. The summed E-state index contributed by atoms with van der Waals surface area (Å²) in [7, 11) is -3.36. The van der Waals surface area contributed by atoms with Crippen molar-refractivity contribution in [3.05, 3.63) is 15.4 Å². The summed E-state index contributed by atoms with van der Waals surface area (Å²) in [6.45, 7) is 5.72. The number of hydrogen-bond acceptors (Lipinski definition) is 4. The van der Waals surface area contributed by atoms with Gasteiger partial charge in [-0.05, 0) is 59.3 Å². The second-order valence-corrected chi connectivity index (χ2v) is 9.68. The molecule has 0 amide bonds. The van der Waals surface area contributed by atoms with Crippen LogP contribution in [0.25, 0.3) is 0 Å². The number of nitrogens with two attached hydrogens (primary N) is 1. The molecular weight excluding hydrogens is 348 g/mol. The maximum Gasteiger partial charge on any atom is 0.252 e. The van der Waals surface area contributed by atoms with Crippen LogP contribution in [-0.2, 0) is 10.0 Å². The molecule has 1 saturated heterocycles. The molecule has 1 aliphatic heterocycles. The Morgan fingerprint density at radius 3 is 2.79 bits per heavy atom. The summed E-state index contributed by atoms with van der Waals surface area (Å²) in [6.07, 6.45) is 0.882. The number of thiophene rings is 1. The lowest BCUT2D eigenvalue weighted by Crippen LogP contribution is -2.45. The van der Waals surface area contributed by atoms with Crippen LogP contribution in [0.15, 0.2) is 14.1 Å². The quantitative estimate of drug-likeness (QED) is 0.893. The Labute approximate surface area is 127 Å². The van der Waals surface area contributed by atoms with Crippen molar-refractivity contribution in [3.8, 4) is 0 Å². The van der Waals surface area contributed by atoms with E-state index in [2.05, 4.69) is 22.9 Å². The second-order valence-electron chi connectivity index (χ2n) is 5.15. The first kappa shape index (κ1) is 15.4. The van der Waals surface area contributed by atoms with Crippen molar-refractivity contribution >= 4 is 37.3 Å². The predicted molar refractivity (Wildman–Crippen MR) is 81.8 cm³/mol. The van der Waals surface area contributed by atoms with Crippen LogP contribution in [0.1, 0.15) is 18.9 Å². The molecule has 0 radical (unpaired) electrons. The van der Waals surface area contributed by atoms with Gasteiger partial charge in [0.2, 0.25) is 0 Å². The molecule has 7 heteroatoms. The average molecular weight is 367 g/mol. The molecule has 2 rings (SSSR count). The number of sulfonamides is 1. The van der Waals surface area contributed by atoms with Gasteiger partial charge in [0.1, 0.15) is 4.21 Å². The van der Waals surface area contributed by atoms with Crippen LogP contribution in [0, 0.1) is 18.8 Å². The molecule has 1 fully saturated rings. The van der Waals surface area contributed by atoms with Crippen LogP contribution in [0.4, 0.5) is 0 Å². The molecule has 2 unspecified atom stereocenters. The van der Waals surface area contributed by atoms with Gasteiger partial charge in [0, 0.05) is 13.1 Å². The van der Waals surface area contributed by atoms with Gasteiger partial charge >= 0.3 is 0 Å². The number of nitrogens with zero attached hydrogens (tertiary/aromatic N) is 1. The summed E-state index contributed by atoms with van der Waals surface area (Å²) in [4.78, 5) is 0. The maximum atomic E-state index is 12.6. The zero-order chi connectivity index (χ0) is 14.2. The van der Waals surface area contributed by atoms with Crippen LogP contribution in [0.3, 0.4) is 0 Å². The Bertz CT molecular complexity index is 537. The average Bonchev–Trinajstić information content (AvgIpc) is 2.70. The summed E-state index contributed by atoms with van der Waals surface area (Å²) in [5, 5.41) is 0. The molecule has 2 atom stereocenters. The lowest BCUT2D eigenvalue weighted by Gasteiger charge is -2.35. The fraction of sp³-hybridized carbons (Fsp3) is 0.667. The first-order chi connectivity index (χ1) is 8.86. The molecule has 0 aliphatic carbocycles. The zero-order valence-electron chi connectivity index (χ0n) is 11.1. The van der Waals surface area contributed by atoms with E-state index in [4.69, 9.17) is 5.73 Å². The molecule has 0 spiro atoms. The summed E-state index contributed by atoms with van der Waals surface area (Å²) < 4.78 is 28.1. The highest BCUT2D eigenvalue weighted by molar-refractivity contribution is 9.11. The maximum absolute atomic E-state index is 12.6. The highest BCUT2D eigenvalue weighted by Gasteiger charge is 2.34. The smallest absolute Gasteiger partial charge is 0.252 e. The first-order valence-corrected chi connectivity index (χ1v) is 9.37. The largest absolute Gasteiger partial charge is 0.330 e. The van der Waals surface area contributed by atoms with E-state index in [1.54, 1.807) is 10.4 Å². The molecule has 2 N–H and O–H groups in total. The monoisotopic (exact) mass is 366 g/mol. The first-order valence-electron chi connectivity index (χ1n) is 6.32. The van der Waals surface area contributed by atoms with Crippen molar-refractivity contribution < 1.29 is 8.42 Å². The molecule has 4 nitrogen and oxygen atoms in total. The molecule has 0 saturated carbocycles. The van der Waals surface area contributed by atoms with Crippen molar-refractivity contribution in [2.24, 2.45) is 17.6 Å². The second kappa shape index (κ2) is 5.81. The third-order valence-electron chi connectivity index (χ3n) is 3.81. The van der Waals surface area contributed by atoms with E-state index in [1.807, 2.05) is 6.92 Å². The van der Waals surface area contributed by atoms with Crippen molar-refractivity contribution in [1.82, 2.24) is 4.31 Å². The van der Waals surface area contributed by atoms with Gasteiger partial charge in [-0.2, -0.15) is 4.31 Å². The summed E-state index contributed by atoms with van der Waals surface area (Å²) >= 11 is 4.66.